The van der Waals surface area contributed by atoms with Crippen molar-refractivity contribution >= 4 is 11.9 Å². The number of hydrogen-bond donors (Lipinski definition) is 2. The predicted molar refractivity (Wildman–Crippen MR) is 91.8 cm³/mol. The van der Waals surface area contributed by atoms with Crippen molar-refractivity contribution < 1.29 is 14.7 Å². The van der Waals surface area contributed by atoms with Crippen molar-refractivity contribution in [3.05, 3.63) is 83.9 Å². The van der Waals surface area contributed by atoms with Gasteiger partial charge in [0.25, 0.3) is 5.91 Å². The zero-order valence-electron chi connectivity index (χ0n) is 13.2. The number of allylic oxidation sites excluding steroid dienone is 1. The fourth-order valence-electron chi connectivity index (χ4n) is 3.24. The van der Waals surface area contributed by atoms with Gasteiger partial charge in [-0.2, -0.15) is 0 Å². The number of hydrogen-bond acceptors (Lipinski definition) is 2. The lowest BCUT2D eigenvalue weighted by Crippen LogP contribution is -2.59. The molecule has 0 spiro atoms. The van der Waals surface area contributed by atoms with Gasteiger partial charge in [0.1, 0.15) is 5.54 Å². The normalized spacial score (nSPS) is 22.8. The number of benzene rings is 2. The number of carboxylic acid groups (broad SMARTS) is 1. The first-order valence-corrected chi connectivity index (χ1v) is 7.94. The van der Waals surface area contributed by atoms with Gasteiger partial charge in [-0.15, -0.1) is 0 Å². The van der Waals surface area contributed by atoms with E-state index in [1.54, 1.807) is 24.3 Å². The van der Waals surface area contributed by atoms with E-state index in [1.165, 1.54) is 0 Å². The minimum absolute atomic E-state index is 0.264. The van der Waals surface area contributed by atoms with E-state index in [0.29, 0.717) is 12.0 Å². The summed E-state index contributed by atoms with van der Waals surface area (Å²) in [7, 11) is 0. The zero-order valence-corrected chi connectivity index (χ0v) is 13.2. The Morgan fingerprint density at radius 2 is 1.58 bits per heavy atom. The molecule has 0 saturated heterocycles. The Morgan fingerprint density at radius 3 is 2.21 bits per heavy atom. The number of carbonyl (C=O) groups excluding carboxylic acids is 1. The number of nitrogens with one attached hydrogen (secondary N) is 1. The molecule has 2 N–H and O–H groups in total. The van der Waals surface area contributed by atoms with Gasteiger partial charge in [0.2, 0.25) is 0 Å². The molecule has 0 unspecified atom stereocenters. The van der Waals surface area contributed by atoms with Gasteiger partial charge in [-0.05, 0) is 30.5 Å². The molecular weight excluding hydrogens is 302 g/mol. The second kappa shape index (κ2) is 6.71. The van der Waals surface area contributed by atoms with Crippen molar-refractivity contribution in [2.45, 2.75) is 24.3 Å². The Morgan fingerprint density at radius 1 is 0.958 bits per heavy atom. The van der Waals surface area contributed by atoms with Gasteiger partial charge in [-0.25, -0.2) is 4.79 Å². The Bertz CT molecular complexity index is 755. The largest absolute Gasteiger partial charge is 0.479 e. The smallest absolute Gasteiger partial charge is 0.330 e. The maximum atomic E-state index is 12.6. The molecule has 1 aliphatic rings. The Kier molecular flexibility index (Phi) is 4.47. The molecule has 1 amide bonds. The monoisotopic (exact) mass is 321 g/mol. The number of aliphatic carboxylic acids is 1. The molecule has 24 heavy (non-hydrogen) atoms. The molecular formula is C20H19NO3. The molecule has 0 radical (unpaired) electrons. The van der Waals surface area contributed by atoms with Crippen molar-refractivity contribution in [1.29, 1.82) is 0 Å². The van der Waals surface area contributed by atoms with Crippen molar-refractivity contribution in [3.8, 4) is 0 Å². The summed E-state index contributed by atoms with van der Waals surface area (Å²) in [6.07, 6.45) is 4.65. The van der Waals surface area contributed by atoms with Crippen LogP contribution >= 0.6 is 0 Å². The van der Waals surface area contributed by atoms with E-state index in [1.807, 2.05) is 48.6 Å². The maximum absolute atomic E-state index is 12.6. The molecule has 4 nitrogen and oxygen atoms in total. The molecule has 3 rings (SSSR count). The predicted octanol–water partition coefficient (Wildman–Crippen LogP) is 3.37. The van der Waals surface area contributed by atoms with Crippen LogP contribution in [0.2, 0.25) is 0 Å². The summed E-state index contributed by atoms with van der Waals surface area (Å²) < 4.78 is 0. The second-order valence-corrected chi connectivity index (χ2v) is 5.97. The van der Waals surface area contributed by atoms with Crippen LogP contribution in [-0.4, -0.2) is 22.5 Å². The average Bonchev–Trinajstić information content (AvgIpc) is 2.63. The Balaban J connectivity index is 1.98. The summed E-state index contributed by atoms with van der Waals surface area (Å²) in [6.45, 7) is 0. The third-order valence-corrected chi connectivity index (χ3v) is 4.53. The third-order valence-electron chi connectivity index (χ3n) is 4.53. The van der Waals surface area contributed by atoms with E-state index in [0.717, 1.165) is 5.56 Å². The highest BCUT2D eigenvalue weighted by atomic mass is 16.4. The average molecular weight is 321 g/mol. The molecule has 122 valence electrons. The Labute approximate surface area is 140 Å². The van der Waals surface area contributed by atoms with Gasteiger partial charge in [0.05, 0.1) is 0 Å². The zero-order chi connectivity index (χ0) is 17.0. The standard InChI is InChI=1S/C20H19NO3/c22-18(16-11-5-2-6-12-16)21-20(19(23)24)14-8-7-13-17(20)15-9-3-1-4-10-15/h1-12,17H,13-14H2,(H,21,22)(H,23,24)/t17-,20+/m0/s1. The fraction of sp³-hybridized carbons (Fsp3) is 0.200. The fourth-order valence-corrected chi connectivity index (χ4v) is 3.24. The molecule has 0 saturated carbocycles. The van der Waals surface area contributed by atoms with Crippen LogP contribution in [0, 0.1) is 0 Å². The van der Waals surface area contributed by atoms with E-state index in [2.05, 4.69) is 5.32 Å². The van der Waals surface area contributed by atoms with Gasteiger partial charge in [0.15, 0.2) is 0 Å². The van der Waals surface area contributed by atoms with Crippen LogP contribution in [0.5, 0.6) is 0 Å². The number of carbonyl (C=O) groups is 2. The first kappa shape index (κ1) is 16.0. The van der Waals surface area contributed by atoms with E-state index in [9.17, 15) is 14.7 Å². The minimum Gasteiger partial charge on any atom is -0.479 e. The highest BCUT2D eigenvalue weighted by Crippen LogP contribution is 2.38. The van der Waals surface area contributed by atoms with Crippen LogP contribution in [0.25, 0.3) is 0 Å². The van der Waals surface area contributed by atoms with Gasteiger partial charge in [-0.3, -0.25) is 4.79 Å². The Hall–Kier alpha value is -2.88. The molecule has 0 heterocycles. The summed E-state index contributed by atoms with van der Waals surface area (Å²) in [5.74, 6) is -1.69. The molecule has 0 aliphatic heterocycles. The van der Waals surface area contributed by atoms with E-state index < -0.39 is 11.5 Å². The van der Waals surface area contributed by atoms with Crippen LogP contribution < -0.4 is 5.32 Å². The molecule has 1 aliphatic carbocycles. The molecule has 0 fully saturated rings. The molecule has 2 atom stereocenters. The molecule has 0 bridgehead atoms. The summed E-state index contributed by atoms with van der Waals surface area (Å²) in [4.78, 5) is 24.8. The summed E-state index contributed by atoms with van der Waals surface area (Å²) in [6, 6.07) is 18.2. The van der Waals surface area contributed by atoms with Gasteiger partial charge in [-0.1, -0.05) is 60.7 Å². The number of rotatable bonds is 4. The van der Waals surface area contributed by atoms with Crippen LogP contribution in [0.3, 0.4) is 0 Å². The summed E-state index contributed by atoms with van der Waals surface area (Å²) >= 11 is 0. The molecule has 4 heteroatoms. The van der Waals surface area contributed by atoms with Crippen molar-refractivity contribution in [1.82, 2.24) is 5.32 Å². The lowest BCUT2D eigenvalue weighted by atomic mass is 9.72. The third kappa shape index (κ3) is 2.95. The number of amides is 1. The molecule has 2 aromatic rings. The van der Waals surface area contributed by atoms with E-state index in [4.69, 9.17) is 0 Å². The van der Waals surface area contributed by atoms with Gasteiger partial charge in [0, 0.05) is 11.5 Å². The minimum atomic E-state index is -1.34. The lowest BCUT2D eigenvalue weighted by Gasteiger charge is -2.39. The SMILES string of the molecule is O=C(N[C@]1(C(=O)O)CC=CC[C@H]1c1ccccc1)c1ccccc1. The van der Waals surface area contributed by atoms with Crippen molar-refractivity contribution in [2.75, 3.05) is 0 Å². The maximum Gasteiger partial charge on any atom is 0.330 e. The van der Waals surface area contributed by atoms with Crippen molar-refractivity contribution in [3.63, 3.8) is 0 Å². The topological polar surface area (TPSA) is 66.4 Å². The van der Waals surface area contributed by atoms with E-state index >= 15 is 0 Å². The number of carboxylic acids is 1. The summed E-state index contributed by atoms with van der Waals surface area (Å²) in [5.41, 5.74) is 0.0281. The van der Waals surface area contributed by atoms with Crippen LogP contribution in [0.1, 0.15) is 34.7 Å². The van der Waals surface area contributed by atoms with Crippen LogP contribution in [0.15, 0.2) is 72.8 Å². The first-order chi connectivity index (χ1) is 11.6. The molecule has 2 aromatic carbocycles. The lowest BCUT2D eigenvalue weighted by molar-refractivity contribution is -0.145. The molecule has 0 aromatic heterocycles. The van der Waals surface area contributed by atoms with Crippen LogP contribution in [-0.2, 0) is 4.79 Å². The highest BCUT2D eigenvalue weighted by molar-refractivity contribution is 5.98. The van der Waals surface area contributed by atoms with Gasteiger partial charge < -0.3 is 10.4 Å². The van der Waals surface area contributed by atoms with E-state index in [-0.39, 0.29) is 18.2 Å². The quantitative estimate of drug-likeness (QED) is 0.849. The van der Waals surface area contributed by atoms with Crippen molar-refractivity contribution in [2.24, 2.45) is 0 Å². The first-order valence-electron chi connectivity index (χ1n) is 7.94. The highest BCUT2D eigenvalue weighted by Gasteiger charge is 2.48. The summed E-state index contributed by atoms with van der Waals surface area (Å²) in [5, 5.41) is 12.8. The van der Waals surface area contributed by atoms with Gasteiger partial charge >= 0.3 is 5.97 Å². The van der Waals surface area contributed by atoms with Crippen LogP contribution in [0.4, 0.5) is 0 Å². The second-order valence-electron chi connectivity index (χ2n) is 5.97.